The first-order chi connectivity index (χ1) is 14.9. The van der Waals surface area contributed by atoms with Gasteiger partial charge >= 0.3 is 0 Å². The Hall–Kier alpha value is -2.99. The molecule has 1 unspecified atom stereocenters. The van der Waals surface area contributed by atoms with Crippen LogP contribution in [0, 0.1) is 6.92 Å². The number of aryl methyl sites for hydroxylation is 2. The molecular weight excluding hydrogens is 412 g/mol. The number of rotatable bonds is 9. The minimum absolute atomic E-state index is 0.285. The van der Waals surface area contributed by atoms with E-state index in [1.165, 1.54) is 21.3 Å². The zero-order chi connectivity index (χ0) is 22.4. The molecule has 0 heterocycles. The van der Waals surface area contributed by atoms with E-state index in [1.54, 1.807) is 24.3 Å². The molecule has 6 heteroatoms. The summed E-state index contributed by atoms with van der Waals surface area (Å²) in [4.78, 5) is 0.285. The predicted octanol–water partition coefficient (Wildman–Crippen LogP) is 5.17. The maximum absolute atomic E-state index is 13.8. The summed E-state index contributed by atoms with van der Waals surface area (Å²) in [6.45, 7) is 1.93. The first kappa shape index (κ1) is 22.7. The standard InChI is InChI=1S/C25H28O5S/c1-18-10-13-20(14-11-18)31(26,27)25(15-12-19-8-6-5-7-9-19)21-16-23(29-3)24(30-4)17-22(21)28-2/h5-11,13-14,16-17,25H,12,15H2,1-4H3. The molecule has 0 amide bonds. The molecule has 3 rings (SSSR count). The maximum atomic E-state index is 13.8. The van der Waals surface area contributed by atoms with Crippen molar-refractivity contribution in [1.29, 1.82) is 0 Å². The number of benzene rings is 3. The van der Waals surface area contributed by atoms with Crippen molar-refractivity contribution in [3.05, 3.63) is 83.4 Å². The second kappa shape index (κ2) is 9.88. The van der Waals surface area contributed by atoms with Crippen LogP contribution in [0.2, 0.25) is 0 Å². The average Bonchev–Trinajstić information content (AvgIpc) is 2.79. The van der Waals surface area contributed by atoms with E-state index in [4.69, 9.17) is 14.2 Å². The van der Waals surface area contributed by atoms with Gasteiger partial charge in [0, 0.05) is 11.6 Å². The van der Waals surface area contributed by atoms with Crippen LogP contribution in [0.5, 0.6) is 17.2 Å². The fourth-order valence-electron chi connectivity index (χ4n) is 3.62. The minimum Gasteiger partial charge on any atom is -0.496 e. The van der Waals surface area contributed by atoms with E-state index in [2.05, 4.69) is 0 Å². The molecule has 0 aliphatic rings. The summed E-state index contributed by atoms with van der Waals surface area (Å²) in [6.07, 6.45) is 1.00. The molecule has 3 aromatic carbocycles. The van der Waals surface area contributed by atoms with Crippen molar-refractivity contribution in [3.63, 3.8) is 0 Å². The predicted molar refractivity (Wildman–Crippen MR) is 122 cm³/mol. The van der Waals surface area contributed by atoms with E-state index in [0.29, 0.717) is 35.7 Å². The molecule has 0 aliphatic carbocycles. The highest BCUT2D eigenvalue weighted by Gasteiger charge is 2.32. The second-order valence-corrected chi connectivity index (χ2v) is 9.45. The van der Waals surface area contributed by atoms with Crippen molar-refractivity contribution in [3.8, 4) is 17.2 Å². The summed E-state index contributed by atoms with van der Waals surface area (Å²) in [5, 5.41) is -0.815. The molecule has 0 spiro atoms. The number of sulfone groups is 1. The van der Waals surface area contributed by atoms with Gasteiger partial charge in [0.1, 0.15) is 5.75 Å². The molecule has 1 atom stereocenters. The quantitative estimate of drug-likeness (QED) is 0.459. The highest BCUT2D eigenvalue weighted by Crippen LogP contribution is 2.43. The Morgan fingerprint density at radius 1 is 0.774 bits per heavy atom. The lowest BCUT2D eigenvalue weighted by molar-refractivity contribution is 0.347. The highest BCUT2D eigenvalue weighted by atomic mass is 32.2. The first-order valence-electron chi connectivity index (χ1n) is 10.0. The van der Waals surface area contributed by atoms with Crippen LogP contribution < -0.4 is 14.2 Å². The van der Waals surface area contributed by atoms with Gasteiger partial charge < -0.3 is 14.2 Å². The molecule has 0 saturated heterocycles. The fraction of sp³-hybridized carbons (Fsp3) is 0.280. The van der Waals surface area contributed by atoms with Gasteiger partial charge in [-0.05, 0) is 43.5 Å². The Labute approximate surface area is 184 Å². The normalized spacial score (nSPS) is 12.3. The van der Waals surface area contributed by atoms with Crippen LogP contribution in [0.25, 0.3) is 0 Å². The third-order valence-corrected chi connectivity index (χ3v) is 7.51. The monoisotopic (exact) mass is 440 g/mol. The Kier molecular flexibility index (Phi) is 7.23. The Morgan fingerprint density at radius 2 is 1.35 bits per heavy atom. The van der Waals surface area contributed by atoms with Gasteiger partial charge in [-0.25, -0.2) is 8.42 Å². The molecule has 164 valence electrons. The summed E-state index contributed by atoms with van der Waals surface area (Å²) >= 11 is 0. The highest BCUT2D eigenvalue weighted by molar-refractivity contribution is 7.91. The molecule has 0 aliphatic heterocycles. The first-order valence-corrected chi connectivity index (χ1v) is 11.6. The van der Waals surface area contributed by atoms with Crippen molar-refractivity contribution < 1.29 is 22.6 Å². The zero-order valence-electron chi connectivity index (χ0n) is 18.3. The van der Waals surface area contributed by atoms with Crippen LogP contribution in [-0.4, -0.2) is 29.7 Å². The lowest BCUT2D eigenvalue weighted by Crippen LogP contribution is -2.16. The van der Waals surface area contributed by atoms with Gasteiger partial charge in [-0.15, -0.1) is 0 Å². The SMILES string of the molecule is COc1cc(OC)c(C(CCc2ccccc2)S(=O)(=O)c2ccc(C)cc2)cc1OC. The lowest BCUT2D eigenvalue weighted by atomic mass is 10.0. The second-order valence-electron chi connectivity index (χ2n) is 7.32. The van der Waals surface area contributed by atoms with E-state index in [9.17, 15) is 8.42 Å². The van der Waals surface area contributed by atoms with Gasteiger partial charge in [-0.1, -0.05) is 48.0 Å². The molecular formula is C25H28O5S. The van der Waals surface area contributed by atoms with Gasteiger partial charge in [-0.2, -0.15) is 0 Å². The molecule has 3 aromatic rings. The molecule has 0 fully saturated rings. The van der Waals surface area contributed by atoms with E-state index in [0.717, 1.165) is 11.1 Å². The van der Waals surface area contributed by atoms with Gasteiger partial charge in [0.25, 0.3) is 0 Å². The summed E-state index contributed by atoms with van der Waals surface area (Å²) < 4.78 is 43.9. The van der Waals surface area contributed by atoms with Gasteiger partial charge in [-0.3, -0.25) is 0 Å². The average molecular weight is 441 g/mol. The van der Waals surface area contributed by atoms with E-state index >= 15 is 0 Å². The third kappa shape index (κ3) is 5.02. The molecule has 0 aromatic heterocycles. The van der Waals surface area contributed by atoms with Gasteiger partial charge in [0.2, 0.25) is 0 Å². The number of methoxy groups -OCH3 is 3. The van der Waals surface area contributed by atoms with Crippen molar-refractivity contribution in [2.75, 3.05) is 21.3 Å². The third-order valence-electron chi connectivity index (χ3n) is 5.34. The van der Waals surface area contributed by atoms with Gasteiger partial charge in [0.15, 0.2) is 21.3 Å². The molecule has 0 radical (unpaired) electrons. The maximum Gasteiger partial charge on any atom is 0.185 e. The number of hydrogen-bond donors (Lipinski definition) is 0. The molecule has 0 N–H and O–H groups in total. The van der Waals surface area contributed by atoms with E-state index in [1.807, 2.05) is 49.4 Å². The summed E-state index contributed by atoms with van der Waals surface area (Å²) in [6, 6.07) is 20.2. The van der Waals surface area contributed by atoms with Gasteiger partial charge in [0.05, 0.1) is 31.5 Å². The summed E-state index contributed by atoms with van der Waals surface area (Å²) in [5.41, 5.74) is 2.63. The fourth-order valence-corrected chi connectivity index (χ4v) is 5.41. The van der Waals surface area contributed by atoms with Crippen LogP contribution in [0.1, 0.15) is 28.4 Å². The zero-order valence-corrected chi connectivity index (χ0v) is 19.1. The molecule has 0 bridgehead atoms. The van der Waals surface area contributed by atoms with Crippen molar-refractivity contribution in [2.24, 2.45) is 0 Å². The van der Waals surface area contributed by atoms with E-state index < -0.39 is 15.1 Å². The van der Waals surface area contributed by atoms with Crippen molar-refractivity contribution in [2.45, 2.75) is 29.9 Å². The van der Waals surface area contributed by atoms with Crippen LogP contribution in [-0.2, 0) is 16.3 Å². The van der Waals surface area contributed by atoms with Crippen molar-refractivity contribution in [1.82, 2.24) is 0 Å². The van der Waals surface area contributed by atoms with Crippen LogP contribution in [0.4, 0.5) is 0 Å². The molecule has 0 saturated carbocycles. The number of hydrogen-bond acceptors (Lipinski definition) is 5. The van der Waals surface area contributed by atoms with Crippen LogP contribution in [0.15, 0.2) is 71.6 Å². The molecule has 31 heavy (non-hydrogen) atoms. The Bertz CT molecular complexity index is 1110. The minimum atomic E-state index is -3.69. The number of ether oxygens (including phenoxy) is 3. The summed E-state index contributed by atoms with van der Waals surface area (Å²) in [5.74, 6) is 1.39. The van der Waals surface area contributed by atoms with Crippen LogP contribution >= 0.6 is 0 Å². The van der Waals surface area contributed by atoms with Crippen LogP contribution in [0.3, 0.4) is 0 Å². The topological polar surface area (TPSA) is 61.8 Å². The Morgan fingerprint density at radius 3 is 1.94 bits per heavy atom. The molecule has 5 nitrogen and oxygen atoms in total. The van der Waals surface area contributed by atoms with E-state index in [-0.39, 0.29) is 4.90 Å². The largest absolute Gasteiger partial charge is 0.496 e. The Balaban J connectivity index is 2.12. The van der Waals surface area contributed by atoms with Crippen molar-refractivity contribution >= 4 is 9.84 Å². The smallest absolute Gasteiger partial charge is 0.185 e. The lowest BCUT2D eigenvalue weighted by Gasteiger charge is -2.22. The summed E-state index contributed by atoms with van der Waals surface area (Å²) in [7, 11) is 0.895.